The van der Waals surface area contributed by atoms with E-state index in [1.807, 2.05) is 0 Å². The fourth-order valence-corrected chi connectivity index (χ4v) is 1.84. The SMILES string of the molecule is COCCOC(=O)c1ccccc1S(=O)(=O)O. The predicted octanol–water partition coefficient (Wildman–Crippen LogP) is 0.737. The van der Waals surface area contributed by atoms with Gasteiger partial charge in [-0.25, -0.2) is 4.79 Å². The Morgan fingerprint density at radius 3 is 2.53 bits per heavy atom. The van der Waals surface area contributed by atoms with Gasteiger partial charge < -0.3 is 9.47 Å². The first kappa shape index (κ1) is 13.6. The maximum absolute atomic E-state index is 11.5. The number of hydrogen-bond donors (Lipinski definition) is 1. The molecule has 0 fully saturated rings. The van der Waals surface area contributed by atoms with Gasteiger partial charge in [-0.05, 0) is 12.1 Å². The van der Waals surface area contributed by atoms with Gasteiger partial charge in [0.05, 0.1) is 12.2 Å². The fourth-order valence-electron chi connectivity index (χ4n) is 1.16. The van der Waals surface area contributed by atoms with Gasteiger partial charge in [0, 0.05) is 7.11 Å². The number of hydrogen-bond acceptors (Lipinski definition) is 5. The summed E-state index contributed by atoms with van der Waals surface area (Å²) in [6.07, 6.45) is 0. The maximum atomic E-state index is 11.5. The molecular formula is C10H12O6S. The van der Waals surface area contributed by atoms with Gasteiger partial charge in [-0.15, -0.1) is 0 Å². The van der Waals surface area contributed by atoms with E-state index >= 15 is 0 Å². The molecule has 0 aliphatic carbocycles. The summed E-state index contributed by atoms with van der Waals surface area (Å²) in [5.41, 5.74) is -0.203. The molecule has 17 heavy (non-hydrogen) atoms. The van der Waals surface area contributed by atoms with E-state index in [1.54, 1.807) is 0 Å². The Morgan fingerprint density at radius 1 is 1.29 bits per heavy atom. The van der Waals surface area contributed by atoms with Gasteiger partial charge in [0.15, 0.2) is 0 Å². The summed E-state index contributed by atoms with van der Waals surface area (Å²) in [5, 5.41) is 0. The molecule has 1 N–H and O–H groups in total. The third-order valence-corrected chi connectivity index (χ3v) is 2.82. The lowest BCUT2D eigenvalue weighted by molar-refractivity contribution is 0.0383. The van der Waals surface area contributed by atoms with E-state index in [-0.39, 0.29) is 18.8 Å². The Kier molecular flexibility index (Phi) is 4.62. The average Bonchev–Trinajstić information content (AvgIpc) is 2.28. The number of benzene rings is 1. The molecule has 0 heterocycles. The van der Waals surface area contributed by atoms with E-state index in [0.717, 1.165) is 6.07 Å². The van der Waals surface area contributed by atoms with Crippen LogP contribution in [0.4, 0.5) is 0 Å². The second-order valence-corrected chi connectivity index (χ2v) is 4.49. The quantitative estimate of drug-likeness (QED) is 0.477. The minimum Gasteiger partial charge on any atom is -0.460 e. The summed E-state index contributed by atoms with van der Waals surface area (Å²) >= 11 is 0. The van der Waals surface area contributed by atoms with Crippen molar-refractivity contribution < 1.29 is 27.2 Å². The first-order valence-electron chi connectivity index (χ1n) is 4.69. The van der Waals surface area contributed by atoms with Crippen molar-refractivity contribution in [2.24, 2.45) is 0 Å². The molecule has 0 radical (unpaired) electrons. The highest BCUT2D eigenvalue weighted by atomic mass is 32.2. The standard InChI is InChI=1S/C10H12O6S/c1-15-6-7-16-10(11)8-4-2-3-5-9(8)17(12,13)14/h2-5H,6-7H2,1H3,(H,12,13,14). The average molecular weight is 260 g/mol. The van der Waals surface area contributed by atoms with Gasteiger partial charge in [-0.3, -0.25) is 4.55 Å². The Hall–Kier alpha value is -1.44. The van der Waals surface area contributed by atoms with Crippen LogP contribution < -0.4 is 0 Å². The molecule has 7 heteroatoms. The van der Waals surface area contributed by atoms with E-state index in [4.69, 9.17) is 9.29 Å². The monoisotopic (exact) mass is 260 g/mol. The van der Waals surface area contributed by atoms with E-state index in [1.165, 1.54) is 25.3 Å². The number of methoxy groups -OCH3 is 1. The molecule has 0 aliphatic rings. The van der Waals surface area contributed by atoms with Crippen LogP contribution >= 0.6 is 0 Å². The first-order chi connectivity index (χ1) is 7.96. The molecule has 0 saturated heterocycles. The van der Waals surface area contributed by atoms with Crippen LogP contribution in [0.5, 0.6) is 0 Å². The normalized spacial score (nSPS) is 11.2. The van der Waals surface area contributed by atoms with Crippen LogP contribution in [-0.2, 0) is 19.6 Å². The lowest BCUT2D eigenvalue weighted by Gasteiger charge is -2.07. The Morgan fingerprint density at radius 2 is 1.94 bits per heavy atom. The predicted molar refractivity (Wildman–Crippen MR) is 58.4 cm³/mol. The Labute approximate surface area is 98.9 Å². The molecule has 0 aliphatic heterocycles. The molecule has 6 nitrogen and oxygen atoms in total. The summed E-state index contributed by atoms with van der Waals surface area (Å²) in [5.74, 6) is -0.824. The molecular weight excluding hydrogens is 248 g/mol. The zero-order valence-corrected chi connectivity index (χ0v) is 9.94. The number of ether oxygens (including phenoxy) is 2. The Bertz CT molecular complexity index is 493. The minimum absolute atomic E-state index is 0.00907. The van der Waals surface area contributed by atoms with Gasteiger partial charge in [0.1, 0.15) is 11.5 Å². The van der Waals surface area contributed by atoms with Crippen molar-refractivity contribution in [1.29, 1.82) is 0 Å². The van der Waals surface area contributed by atoms with Gasteiger partial charge in [0.25, 0.3) is 10.1 Å². The summed E-state index contributed by atoms with van der Waals surface area (Å²) in [6.45, 7) is 0.217. The van der Waals surface area contributed by atoms with Crippen LogP contribution in [0.1, 0.15) is 10.4 Å². The second kappa shape index (κ2) is 5.76. The molecule has 0 atom stereocenters. The highest BCUT2D eigenvalue weighted by Gasteiger charge is 2.20. The van der Waals surface area contributed by atoms with Crippen molar-refractivity contribution in [3.8, 4) is 0 Å². The van der Waals surface area contributed by atoms with Gasteiger partial charge in [-0.2, -0.15) is 8.42 Å². The highest BCUT2D eigenvalue weighted by Crippen LogP contribution is 2.15. The molecule has 0 saturated carbocycles. The fraction of sp³-hybridized carbons (Fsp3) is 0.300. The molecule has 0 spiro atoms. The van der Waals surface area contributed by atoms with Crippen molar-refractivity contribution in [2.45, 2.75) is 4.90 Å². The summed E-state index contributed by atoms with van der Waals surface area (Å²) < 4.78 is 40.4. The molecule has 0 bridgehead atoms. The van der Waals surface area contributed by atoms with Crippen molar-refractivity contribution >= 4 is 16.1 Å². The lowest BCUT2D eigenvalue weighted by Crippen LogP contribution is -2.13. The molecule has 0 aromatic heterocycles. The van der Waals surface area contributed by atoms with Crippen molar-refractivity contribution in [1.82, 2.24) is 0 Å². The van der Waals surface area contributed by atoms with E-state index in [2.05, 4.69) is 4.74 Å². The van der Waals surface area contributed by atoms with Crippen LogP contribution in [-0.4, -0.2) is 39.3 Å². The van der Waals surface area contributed by atoms with Crippen LogP contribution in [0.3, 0.4) is 0 Å². The summed E-state index contributed by atoms with van der Waals surface area (Å²) in [4.78, 5) is 11.1. The molecule has 1 aromatic rings. The topological polar surface area (TPSA) is 89.9 Å². The van der Waals surface area contributed by atoms with E-state index < -0.39 is 21.0 Å². The lowest BCUT2D eigenvalue weighted by atomic mass is 10.2. The molecule has 1 rings (SSSR count). The molecule has 0 unspecified atom stereocenters. The summed E-state index contributed by atoms with van der Waals surface area (Å²) in [6, 6.07) is 5.26. The van der Waals surface area contributed by atoms with Gasteiger partial charge >= 0.3 is 5.97 Å². The number of carbonyl (C=O) groups is 1. The van der Waals surface area contributed by atoms with Crippen molar-refractivity contribution in [3.05, 3.63) is 29.8 Å². The highest BCUT2D eigenvalue weighted by molar-refractivity contribution is 7.86. The number of rotatable bonds is 5. The first-order valence-corrected chi connectivity index (χ1v) is 6.13. The van der Waals surface area contributed by atoms with Crippen LogP contribution in [0.2, 0.25) is 0 Å². The van der Waals surface area contributed by atoms with Gasteiger partial charge in [-0.1, -0.05) is 12.1 Å². The third-order valence-electron chi connectivity index (χ3n) is 1.91. The minimum atomic E-state index is -4.44. The van der Waals surface area contributed by atoms with Crippen LogP contribution in [0.25, 0.3) is 0 Å². The van der Waals surface area contributed by atoms with Crippen LogP contribution in [0, 0.1) is 0 Å². The summed E-state index contributed by atoms with van der Waals surface area (Å²) in [7, 11) is -3.00. The zero-order chi connectivity index (χ0) is 12.9. The van der Waals surface area contributed by atoms with E-state index in [0.29, 0.717) is 0 Å². The maximum Gasteiger partial charge on any atom is 0.339 e. The van der Waals surface area contributed by atoms with Crippen LogP contribution in [0.15, 0.2) is 29.2 Å². The largest absolute Gasteiger partial charge is 0.460 e. The van der Waals surface area contributed by atoms with E-state index in [9.17, 15) is 13.2 Å². The smallest absolute Gasteiger partial charge is 0.339 e. The van der Waals surface area contributed by atoms with Crippen molar-refractivity contribution in [3.63, 3.8) is 0 Å². The third kappa shape index (κ3) is 3.81. The molecule has 94 valence electrons. The van der Waals surface area contributed by atoms with Gasteiger partial charge in [0.2, 0.25) is 0 Å². The molecule has 0 amide bonds. The Balaban J connectivity index is 2.94. The zero-order valence-electron chi connectivity index (χ0n) is 9.12. The molecule has 1 aromatic carbocycles. The number of esters is 1. The van der Waals surface area contributed by atoms with Crippen molar-refractivity contribution in [2.75, 3.05) is 20.3 Å². The second-order valence-electron chi connectivity index (χ2n) is 3.10. The number of carbonyl (C=O) groups excluding carboxylic acids is 1.